The van der Waals surface area contributed by atoms with Crippen LogP contribution in [0, 0.1) is 5.92 Å². The number of thiophene rings is 1. The smallest absolute Gasteiger partial charge is 0.153 e. The molecule has 3 nitrogen and oxygen atoms in total. The lowest BCUT2D eigenvalue weighted by Gasteiger charge is -2.21. The van der Waals surface area contributed by atoms with Gasteiger partial charge in [-0.25, -0.2) is 0 Å². The van der Waals surface area contributed by atoms with Crippen molar-refractivity contribution in [1.29, 1.82) is 0 Å². The topological polar surface area (TPSA) is 50.9 Å². The predicted octanol–water partition coefficient (Wildman–Crippen LogP) is 4.32. The van der Waals surface area contributed by atoms with E-state index in [-0.39, 0.29) is 0 Å². The monoisotopic (exact) mass is 299 g/mol. The molecule has 0 aromatic carbocycles. The van der Waals surface area contributed by atoms with E-state index in [1.54, 1.807) is 23.1 Å². The Bertz CT molecular complexity index is 491. The van der Waals surface area contributed by atoms with Crippen molar-refractivity contribution in [1.82, 2.24) is 4.37 Å². The van der Waals surface area contributed by atoms with E-state index in [0.29, 0.717) is 17.8 Å². The van der Waals surface area contributed by atoms with E-state index in [9.17, 15) is 0 Å². The van der Waals surface area contributed by atoms with Crippen LogP contribution < -0.4 is 11.1 Å². The summed E-state index contributed by atoms with van der Waals surface area (Å²) in [4.78, 5) is 2.41. The molecule has 0 amide bonds. The van der Waals surface area contributed by atoms with Crippen molar-refractivity contribution in [2.24, 2.45) is 5.92 Å². The van der Waals surface area contributed by atoms with Crippen molar-refractivity contribution in [3.63, 3.8) is 0 Å². The van der Waals surface area contributed by atoms with Gasteiger partial charge in [0.15, 0.2) is 5.82 Å². The third kappa shape index (κ3) is 2.81. The second kappa shape index (κ2) is 5.95. The van der Waals surface area contributed by atoms with Crippen LogP contribution in [0.15, 0.2) is 22.4 Å². The number of rotatable bonds is 5. The SMILES string of the molecule is CSc1c(N)nsc1NC(c1cccs1)C(C)C. The number of hydrogen-bond acceptors (Lipinski definition) is 6. The van der Waals surface area contributed by atoms with Gasteiger partial charge in [-0.15, -0.1) is 23.1 Å². The summed E-state index contributed by atoms with van der Waals surface area (Å²) < 4.78 is 4.22. The molecule has 0 saturated carbocycles. The highest BCUT2D eigenvalue weighted by Gasteiger charge is 2.20. The standard InChI is InChI=1S/C12H17N3S3/c1-7(2)9(8-5-4-6-17-8)14-12-10(16-3)11(13)15-18-12/h4-7,9,14H,1-3H3,(H2,13,15). The number of thioether (sulfide) groups is 1. The van der Waals surface area contributed by atoms with E-state index in [2.05, 4.69) is 41.1 Å². The molecule has 0 aliphatic rings. The summed E-state index contributed by atoms with van der Waals surface area (Å²) in [7, 11) is 0. The Morgan fingerprint density at radius 3 is 2.78 bits per heavy atom. The van der Waals surface area contributed by atoms with Crippen molar-refractivity contribution in [2.75, 3.05) is 17.3 Å². The van der Waals surface area contributed by atoms with E-state index >= 15 is 0 Å². The lowest BCUT2D eigenvalue weighted by Crippen LogP contribution is -2.15. The first-order chi connectivity index (χ1) is 8.63. The van der Waals surface area contributed by atoms with Crippen LogP contribution in [0.3, 0.4) is 0 Å². The normalized spacial score (nSPS) is 12.9. The van der Waals surface area contributed by atoms with Crippen LogP contribution in [0.25, 0.3) is 0 Å². The Morgan fingerprint density at radius 1 is 1.44 bits per heavy atom. The van der Waals surface area contributed by atoms with Gasteiger partial charge in [0.05, 0.1) is 10.9 Å². The third-order valence-corrected chi connectivity index (χ3v) is 5.38. The maximum absolute atomic E-state index is 5.86. The van der Waals surface area contributed by atoms with Gasteiger partial charge in [0.25, 0.3) is 0 Å². The largest absolute Gasteiger partial charge is 0.382 e. The van der Waals surface area contributed by atoms with E-state index in [4.69, 9.17) is 5.73 Å². The van der Waals surface area contributed by atoms with Gasteiger partial charge in [-0.3, -0.25) is 0 Å². The summed E-state index contributed by atoms with van der Waals surface area (Å²) in [5.74, 6) is 1.14. The number of hydrogen-bond donors (Lipinski definition) is 2. The molecule has 0 aliphatic heterocycles. The molecule has 0 saturated heterocycles. The van der Waals surface area contributed by atoms with Gasteiger partial charge in [0, 0.05) is 4.88 Å². The molecule has 6 heteroatoms. The molecule has 0 spiro atoms. The Morgan fingerprint density at radius 2 is 2.22 bits per heavy atom. The number of anilines is 2. The molecule has 0 bridgehead atoms. The summed E-state index contributed by atoms with van der Waals surface area (Å²) in [6, 6.07) is 4.58. The van der Waals surface area contributed by atoms with Crippen LogP contribution >= 0.6 is 34.6 Å². The Balaban J connectivity index is 2.24. The van der Waals surface area contributed by atoms with Crippen molar-refractivity contribution in [3.8, 4) is 0 Å². The minimum absolute atomic E-state index is 0.316. The summed E-state index contributed by atoms with van der Waals surface area (Å²) in [5.41, 5.74) is 5.86. The fraction of sp³-hybridized carbons (Fsp3) is 0.417. The molecule has 2 aromatic heterocycles. The molecule has 0 fully saturated rings. The second-order valence-electron chi connectivity index (χ2n) is 4.31. The highest BCUT2D eigenvalue weighted by atomic mass is 32.2. The summed E-state index contributed by atoms with van der Waals surface area (Å²) in [6.45, 7) is 4.45. The maximum atomic E-state index is 5.86. The molecule has 3 N–H and O–H groups in total. The van der Waals surface area contributed by atoms with Gasteiger partial charge in [0.2, 0.25) is 0 Å². The average molecular weight is 299 g/mol. The van der Waals surface area contributed by atoms with Gasteiger partial charge >= 0.3 is 0 Å². The molecule has 1 atom stereocenters. The lowest BCUT2D eigenvalue weighted by atomic mass is 10.0. The molecule has 98 valence electrons. The van der Waals surface area contributed by atoms with Gasteiger partial charge in [0.1, 0.15) is 5.00 Å². The summed E-state index contributed by atoms with van der Waals surface area (Å²) in [5, 5.41) is 6.78. The van der Waals surface area contributed by atoms with Crippen LogP contribution in [0.4, 0.5) is 10.8 Å². The minimum atomic E-state index is 0.316. The first-order valence-corrected chi connectivity index (χ1v) is 8.60. The van der Waals surface area contributed by atoms with E-state index in [0.717, 1.165) is 9.90 Å². The molecule has 2 heterocycles. The number of nitrogens with two attached hydrogens (primary N) is 1. The quantitative estimate of drug-likeness (QED) is 0.807. The fourth-order valence-corrected chi connectivity index (χ4v) is 4.27. The van der Waals surface area contributed by atoms with E-state index in [1.807, 2.05) is 6.26 Å². The molecule has 18 heavy (non-hydrogen) atoms. The average Bonchev–Trinajstić information content (AvgIpc) is 2.95. The van der Waals surface area contributed by atoms with Crippen LogP contribution in [-0.4, -0.2) is 10.6 Å². The second-order valence-corrected chi connectivity index (χ2v) is 6.88. The van der Waals surface area contributed by atoms with Crippen molar-refractivity contribution < 1.29 is 0 Å². The summed E-state index contributed by atoms with van der Waals surface area (Å²) in [6.07, 6.45) is 2.03. The zero-order valence-electron chi connectivity index (χ0n) is 10.6. The molecular weight excluding hydrogens is 282 g/mol. The number of aromatic nitrogens is 1. The maximum Gasteiger partial charge on any atom is 0.153 e. The first kappa shape index (κ1) is 13.7. The minimum Gasteiger partial charge on any atom is -0.382 e. The Hall–Kier alpha value is -0.720. The van der Waals surface area contributed by atoms with Crippen molar-refractivity contribution in [2.45, 2.75) is 24.8 Å². The van der Waals surface area contributed by atoms with Gasteiger partial charge in [-0.1, -0.05) is 19.9 Å². The molecule has 0 radical (unpaired) electrons. The van der Waals surface area contributed by atoms with E-state index in [1.165, 1.54) is 16.4 Å². The molecule has 2 rings (SSSR count). The van der Waals surface area contributed by atoms with Crippen molar-refractivity contribution in [3.05, 3.63) is 22.4 Å². The molecule has 2 aromatic rings. The van der Waals surface area contributed by atoms with Crippen LogP contribution in [0.5, 0.6) is 0 Å². The lowest BCUT2D eigenvalue weighted by molar-refractivity contribution is 0.554. The number of nitrogens with one attached hydrogen (secondary N) is 1. The van der Waals surface area contributed by atoms with Crippen LogP contribution in [0.2, 0.25) is 0 Å². The fourth-order valence-electron chi connectivity index (χ4n) is 1.76. The van der Waals surface area contributed by atoms with Crippen LogP contribution in [0.1, 0.15) is 24.8 Å². The number of nitrogen functional groups attached to an aromatic ring is 1. The zero-order chi connectivity index (χ0) is 13.1. The Labute approximate surface area is 120 Å². The predicted molar refractivity (Wildman–Crippen MR) is 83.8 cm³/mol. The number of nitrogens with zero attached hydrogens (tertiary/aromatic N) is 1. The first-order valence-electron chi connectivity index (χ1n) is 5.72. The molecule has 1 unspecified atom stereocenters. The van der Waals surface area contributed by atoms with Crippen molar-refractivity contribution >= 4 is 45.5 Å². The highest BCUT2D eigenvalue weighted by Crippen LogP contribution is 2.38. The Kier molecular flexibility index (Phi) is 4.53. The van der Waals surface area contributed by atoms with Crippen LogP contribution in [-0.2, 0) is 0 Å². The highest BCUT2D eigenvalue weighted by molar-refractivity contribution is 7.99. The summed E-state index contributed by atoms with van der Waals surface area (Å²) >= 11 is 4.87. The van der Waals surface area contributed by atoms with Gasteiger partial charge in [-0.2, -0.15) is 4.37 Å². The zero-order valence-corrected chi connectivity index (χ0v) is 13.1. The molecular formula is C12H17N3S3. The molecule has 0 aliphatic carbocycles. The van der Waals surface area contributed by atoms with E-state index < -0.39 is 0 Å². The van der Waals surface area contributed by atoms with Gasteiger partial charge in [-0.05, 0) is 35.2 Å². The third-order valence-electron chi connectivity index (χ3n) is 2.68. The van der Waals surface area contributed by atoms with Gasteiger partial charge < -0.3 is 11.1 Å².